The standard InChI is InChI=1S/C16H13NO5S2/c1-9-13(10-2-4-12(5-3-10)24(17,20)21)15(16(18)19)23-14(9)11-6-7-22-8-11/h2-8H,1H3,(H,18,19)(H2,17,20,21). The maximum Gasteiger partial charge on any atom is 0.346 e. The summed E-state index contributed by atoms with van der Waals surface area (Å²) in [5, 5.41) is 14.6. The molecule has 124 valence electrons. The molecular weight excluding hydrogens is 350 g/mol. The minimum Gasteiger partial charge on any atom is -0.477 e. The van der Waals surface area contributed by atoms with Crippen LogP contribution in [0.25, 0.3) is 21.6 Å². The Morgan fingerprint density at radius 3 is 2.33 bits per heavy atom. The predicted molar refractivity (Wildman–Crippen MR) is 90.5 cm³/mol. The van der Waals surface area contributed by atoms with Crippen LogP contribution in [-0.4, -0.2) is 19.5 Å². The fourth-order valence-electron chi connectivity index (χ4n) is 2.49. The largest absolute Gasteiger partial charge is 0.477 e. The van der Waals surface area contributed by atoms with Crippen molar-refractivity contribution in [1.29, 1.82) is 0 Å². The number of thiophene rings is 1. The Balaban J connectivity index is 2.18. The van der Waals surface area contributed by atoms with Crippen molar-refractivity contribution in [3.8, 4) is 21.6 Å². The quantitative estimate of drug-likeness (QED) is 0.738. The predicted octanol–water partition coefficient (Wildman–Crippen LogP) is 3.33. The van der Waals surface area contributed by atoms with Crippen molar-refractivity contribution in [2.75, 3.05) is 0 Å². The van der Waals surface area contributed by atoms with Gasteiger partial charge in [0, 0.05) is 16.0 Å². The molecule has 0 saturated carbocycles. The Bertz CT molecular complexity index is 1000. The lowest BCUT2D eigenvalue weighted by Gasteiger charge is -2.05. The fraction of sp³-hybridized carbons (Fsp3) is 0.0625. The number of furan rings is 1. The van der Waals surface area contributed by atoms with E-state index >= 15 is 0 Å². The van der Waals surface area contributed by atoms with Gasteiger partial charge in [-0.2, -0.15) is 0 Å². The summed E-state index contributed by atoms with van der Waals surface area (Å²) in [6.45, 7) is 1.83. The summed E-state index contributed by atoms with van der Waals surface area (Å²) in [6.07, 6.45) is 3.08. The first-order valence-corrected chi connectivity index (χ1v) is 9.18. The first kappa shape index (κ1) is 16.4. The molecular formula is C16H13NO5S2. The lowest BCUT2D eigenvalue weighted by molar-refractivity contribution is 0.0703. The van der Waals surface area contributed by atoms with Crippen LogP contribution in [0.1, 0.15) is 15.2 Å². The highest BCUT2D eigenvalue weighted by molar-refractivity contribution is 7.89. The Morgan fingerprint density at radius 1 is 1.17 bits per heavy atom. The molecule has 3 aromatic rings. The van der Waals surface area contributed by atoms with Gasteiger partial charge in [0.25, 0.3) is 0 Å². The first-order valence-electron chi connectivity index (χ1n) is 6.81. The second-order valence-corrected chi connectivity index (χ2v) is 7.73. The van der Waals surface area contributed by atoms with Gasteiger partial charge in [0.2, 0.25) is 10.0 Å². The number of nitrogens with two attached hydrogens (primary N) is 1. The van der Waals surface area contributed by atoms with Crippen LogP contribution in [0.4, 0.5) is 0 Å². The van der Waals surface area contributed by atoms with Crippen LogP contribution in [0.15, 0.2) is 52.2 Å². The van der Waals surface area contributed by atoms with Crippen LogP contribution in [0.5, 0.6) is 0 Å². The number of carbonyl (C=O) groups is 1. The van der Waals surface area contributed by atoms with Gasteiger partial charge in [0.15, 0.2) is 0 Å². The topological polar surface area (TPSA) is 111 Å². The summed E-state index contributed by atoms with van der Waals surface area (Å²) in [7, 11) is -3.79. The van der Waals surface area contributed by atoms with Crippen LogP contribution >= 0.6 is 11.3 Å². The molecule has 2 aromatic heterocycles. The Labute approximate surface area is 142 Å². The maximum absolute atomic E-state index is 11.6. The van der Waals surface area contributed by atoms with E-state index in [1.807, 2.05) is 6.92 Å². The highest BCUT2D eigenvalue weighted by atomic mass is 32.2. The average Bonchev–Trinajstić information content (AvgIpc) is 3.14. The third-order valence-corrected chi connectivity index (χ3v) is 5.85. The second-order valence-electron chi connectivity index (χ2n) is 5.15. The molecule has 24 heavy (non-hydrogen) atoms. The number of rotatable bonds is 4. The van der Waals surface area contributed by atoms with Crippen molar-refractivity contribution in [2.24, 2.45) is 5.14 Å². The van der Waals surface area contributed by atoms with Crippen molar-refractivity contribution >= 4 is 27.3 Å². The second kappa shape index (κ2) is 5.90. The minimum atomic E-state index is -3.79. The highest BCUT2D eigenvalue weighted by Crippen LogP contribution is 2.42. The van der Waals surface area contributed by atoms with Gasteiger partial charge < -0.3 is 9.52 Å². The van der Waals surface area contributed by atoms with Crippen LogP contribution in [-0.2, 0) is 10.0 Å². The number of primary sulfonamides is 1. The molecule has 0 fully saturated rings. The SMILES string of the molecule is Cc1c(-c2ccoc2)sc(C(=O)O)c1-c1ccc(S(N)(=O)=O)cc1. The zero-order valence-electron chi connectivity index (χ0n) is 12.5. The number of hydrogen-bond acceptors (Lipinski definition) is 5. The molecule has 0 aliphatic heterocycles. The third-order valence-electron chi connectivity index (χ3n) is 3.60. The number of carboxylic acids is 1. The Hall–Kier alpha value is -2.42. The lowest BCUT2D eigenvalue weighted by atomic mass is 10.00. The van der Waals surface area contributed by atoms with Crippen LogP contribution in [0, 0.1) is 6.92 Å². The number of hydrogen-bond donors (Lipinski definition) is 2. The van der Waals surface area contributed by atoms with E-state index in [1.165, 1.54) is 18.4 Å². The van der Waals surface area contributed by atoms with Gasteiger partial charge in [-0.3, -0.25) is 0 Å². The monoisotopic (exact) mass is 363 g/mol. The van der Waals surface area contributed by atoms with Gasteiger partial charge in [0.05, 0.1) is 17.4 Å². The lowest BCUT2D eigenvalue weighted by Crippen LogP contribution is -2.11. The van der Waals surface area contributed by atoms with Gasteiger partial charge in [-0.25, -0.2) is 18.4 Å². The molecule has 3 N–H and O–H groups in total. The summed E-state index contributed by atoms with van der Waals surface area (Å²) >= 11 is 1.15. The van der Waals surface area contributed by atoms with Crippen molar-refractivity contribution in [2.45, 2.75) is 11.8 Å². The van der Waals surface area contributed by atoms with E-state index in [1.54, 1.807) is 24.5 Å². The fourth-order valence-corrected chi connectivity index (χ4v) is 4.16. The molecule has 0 radical (unpaired) electrons. The molecule has 1 aromatic carbocycles. The van der Waals surface area contributed by atoms with E-state index in [0.29, 0.717) is 11.1 Å². The Morgan fingerprint density at radius 2 is 1.83 bits per heavy atom. The molecule has 0 spiro atoms. The van der Waals surface area contributed by atoms with Gasteiger partial charge in [0.1, 0.15) is 4.88 Å². The normalized spacial score (nSPS) is 11.6. The van der Waals surface area contributed by atoms with Gasteiger partial charge in [-0.05, 0) is 36.2 Å². The first-order chi connectivity index (χ1) is 11.3. The number of benzene rings is 1. The zero-order valence-corrected chi connectivity index (χ0v) is 14.1. The summed E-state index contributed by atoms with van der Waals surface area (Å²) in [6, 6.07) is 7.61. The number of aromatic carboxylic acids is 1. The van der Waals surface area contributed by atoms with Crippen LogP contribution in [0.2, 0.25) is 0 Å². The average molecular weight is 363 g/mol. The smallest absolute Gasteiger partial charge is 0.346 e. The summed E-state index contributed by atoms with van der Waals surface area (Å²) in [4.78, 5) is 12.6. The minimum absolute atomic E-state index is 0.0222. The van der Waals surface area contributed by atoms with E-state index in [4.69, 9.17) is 9.56 Å². The van der Waals surface area contributed by atoms with Crippen molar-refractivity contribution in [1.82, 2.24) is 0 Å². The van der Waals surface area contributed by atoms with E-state index in [9.17, 15) is 18.3 Å². The molecule has 0 amide bonds. The van der Waals surface area contributed by atoms with E-state index in [0.717, 1.165) is 27.3 Å². The van der Waals surface area contributed by atoms with Gasteiger partial charge in [-0.15, -0.1) is 11.3 Å². The highest BCUT2D eigenvalue weighted by Gasteiger charge is 2.22. The molecule has 0 aliphatic carbocycles. The third kappa shape index (κ3) is 2.86. The van der Waals surface area contributed by atoms with E-state index in [2.05, 4.69) is 0 Å². The van der Waals surface area contributed by atoms with Gasteiger partial charge >= 0.3 is 5.97 Å². The molecule has 0 atom stereocenters. The number of sulfonamides is 1. The summed E-state index contributed by atoms with van der Waals surface area (Å²) in [5.41, 5.74) is 2.77. The van der Waals surface area contributed by atoms with E-state index < -0.39 is 16.0 Å². The van der Waals surface area contributed by atoms with Crippen LogP contribution < -0.4 is 5.14 Å². The molecule has 0 unspecified atom stereocenters. The summed E-state index contributed by atoms with van der Waals surface area (Å²) < 4.78 is 27.8. The van der Waals surface area contributed by atoms with Crippen molar-refractivity contribution in [3.63, 3.8) is 0 Å². The van der Waals surface area contributed by atoms with Crippen molar-refractivity contribution < 1.29 is 22.7 Å². The molecule has 2 heterocycles. The van der Waals surface area contributed by atoms with Gasteiger partial charge in [-0.1, -0.05) is 12.1 Å². The molecule has 3 rings (SSSR count). The van der Waals surface area contributed by atoms with Crippen molar-refractivity contribution in [3.05, 3.63) is 53.3 Å². The molecule has 0 bridgehead atoms. The number of carboxylic acid groups (broad SMARTS) is 1. The molecule has 6 nitrogen and oxygen atoms in total. The Kier molecular flexibility index (Phi) is 4.04. The molecule has 8 heteroatoms. The molecule has 0 saturated heterocycles. The summed E-state index contributed by atoms with van der Waals surface area (Å²) in [5.74, 6) is -1.04. The van der Waals surface area contributed by atoms with Crippen LogP contribution in [0.3, 0.4) is 0 Å². The maximum atomic E-state index is 11.6. The zero-order chi connectivity index (χ0) is 17.5. The molecule has 0 aliphatic rings. The van der Waals surface area contributed by atoms with E-state index in [-0.39, 0.29) is 9.77 Å².